The number of anilines is 6. The zero-order valence-corrected chi connectivity index (χ0v) is 66.7. The lowest BCUT2D eigenvalue weighted by Gasteiger charge is -2.32. The first kappa shape index (κ1) is 72.5. The van der Waals surface area contributed by atoms with E-state index in [-0.39, 0.29) is 0 Å². The van der Waals surface area contributed by atoms with Gasteiger partial charge in [0.1, 0.15) is 0 Å². The molecule has 2 heteroatoms. The number of nitrogens with zero attached hydrogens (tertiary/aromatic N) is 2. The molecule has 0 N–H and O–H groups in total. The summed E-state index contributed by atoms with van der Waals surface area (Å²) < 4.78 is 0. The summed E-state index contributed by atoms with van der Waals surface area (Å²) in [6.07, 6.45) is 0. The molecule has 0 atom stereocenters. The largest absolute Gasteiger partial charge is 0.310 e. The number of rotatable bonds is 17. The lowest BCUT2D eigenvalue weighted by molar-refractivity contribution is 0.865. The van der Waals surface area contributed by atoms with Gasteiger partial charge in [0.2, 0.25) is 0 Å². The fraction of sp³-hybridized carbons (Fsp3) is 0.164. The van der Waals surface area contributed by atoms with E-state index in [9.17, 15) is 0 Å². The van der Waals surface area contributed by atoms with E-state index in [0.717, 1.165) is 0 Å². The predicted molar refractivity (Wildman–Crippen MR) is 488 cm³/mol. The zero-order chi connectivity index (χ0) is 77.0. The van der Waals surface area contributed by atoms with E-state index in [4.69, 9.17) is 0 Å². The maximum absolute atomic E-state index is 2.51. The van der Waals surface area contributed by atoms with Gasteiger partial charge in [0, 0.05) is 33.5 Å². The molecule has 548 valence electrons. The van der Waals surface area contributed by atoms with Gasteiger partial charge in [-0.05, 0) is 250 Å². The van der Waals surface area contributed by atoms with Crippen molar-refractivity contribution in [1.29, 1.82) is 0 Å². The lowest BCUT2D eigenvalue weighted by atomic mass is 9.79. The Balaban J connectivity index is 0.000000164. The summed E-state index contributed by atoms with van der Waals surface area (Å²) in [6, 6.07) is 127. The maximum Gasteiger partial charge on any atom is 0.0543 e. The Morgan fingerprint density at radius 2 is 0.402 bits per heavy atom. The molecule has 0 heterocycles. The Morgan fingerprint density at radius 3 is 0.652 bits per heavy atom. The van der Waals surface area contributed by atoms with Crippen LogP contribution in [0.3, 0.4) is 0 Å². The fourth-order valence-electron chi connectivity index (χ4n) is 17.7. The number of benzene rings is 18. The van der Waals surface area contributed by atoms with Crippen molar-refractivity contribution in [3.8, 4) is 55.6 Å². The van der Waals surface area contributed by atoms with Crippen LogP contribution in [0.1, 0.15) is 152 Å². The molecule has 0 saturated carbocycles. The molecule has 112 heavy (non-hydrogen) atoms. The Kier molecular flexibility index (Phi) is 19.7. The molecule has 0 aromatic heterocycles. The van der Waals surface area contributed by atoms with E-state index in [1.807, 2.05) is 0 Å². The van der Waals surface area contributed by atoms with Gasteiger partial charge in [-0.3, -0.25) is 0 Å². The molecule has 18 aromatic carbocycles. The fourth-order valence-corrected chi connectivity index (χ4v) is 17.7. The zero-order valence-electron chi connectivity index (χ0n) is 66.7. The summed E-state index contributed by atoms with van der Waals surface area (Å²) in [5, 5.41) is 18.0. The third kappa shape index (κ3) is 13.1. The minimum Gasteiger partial charge on any atom is -0.310 e. The average molecular weight is 1450 g/mol. The first-order chi connectivity index (χ1) is 54.6. The summed E-state index contributed by atoms with van der Waals surface area (Å²) in [6.45, 7) is 27.6. The summed E-state index contributed by atoms with van der Waals surface area (Å²) in [4.78, 5) is 5.02. The van der Waals surface area contributed by atoms with Crippen molar-refractivity contribution in [2.75, 3.05) is 9.80 Å². The summed E-state index contributed by atoms with van der Waals surface area (Å²) in [5.41, 5.74) is 27.8. The van der Waals surface area contributed by atoms with Crippen LogP contribution >= 0.6 is 0 Å². The number of hydrogen-bond acceptors (Lipinski definition) is 2. The molecule has 0 spiro atoms. The monoisotopic (exact) mass is 1450 g/mol. The van der Waals surface area contributed by atoms with Gasteiger partial charge in [0.25, 0.3) is 0 Å². The van der Waals surface area contributed by atoms with Crippen molar-refractivity contribution in [3.05, 3.63) is 373 Å². The molecular formula is C110H98N2. The van der Waals surface area contributed by atoms with E-state index >= 15 is 0 Å². The van der Waals surface area contributed by atoms with E-state index in [1.54, 1.807) is 0 Å². The van der Waals surface area contributed by atoms with Gasteiger partial charge < -0.3 is 9.80 Å². The first-order valence-electron chi connectivity index (χ1n) is 40.5. The van der Waals surface area contributed by atoms with Crippen molar-refractivity contribution in [2.45, 2.75) is 119 Å². The van der Waals surface area contributed by atoms with Crippen molar-refractivity contribution < 1.29 is 0 Å². The Morgan fingerprint density at radius 1 is 0.179 bits per heavy atom. The third-order valence-corrected chi connectivity index (χ3v) is 23.6. The molecule has 18 aromatic rings. The quantitative estimate of drug-likeness (QED) is 0.0662. The number of hydrogen-bond donors (Lipinski definition) is 0. The SMILES string of the molecule is CC(C)c1ccc(N(c2ccc(C(C)C)cc2)c2cc(C(C)C)c3ccc4c(N(c5ccc(C(C)C)cc5)c5ccc(C(C)C)cc5)cc(C(C)C)c5ccc2c3c54)cc1.c1ccc(-c2ccccc2-c2c3ccccc3c(-c3c4ccccc4c(-c4ccccc4-c4ccccc4)c4ccccc34)c3ccccc23)cc1. The minimum absolute atomic E-state index is 0.321. The van der Waals surface area contributed by atoms with Gasteiger partial charge in [-0.25, -0.2) is 0 Å². The molecule has 0 amide bonds. The van der Waals surface area contributed by atoms with Crippen LogP contribution in [0, 0.1) is 0 Å². The van der Waals surface area contributed by atoms with Crippen LogP contribution in [0.2, 0.25) is 0 Å². The van der Waals surface area contributed by atoms with Gasteiger partial charge in [-0.15, -0.1) is 0 Å². The molecule has 0 unspecified atom stereocenters. The molecule has 0 saturated heterocycles. The van der Waals surface area contributed by atoms with Crippen molar-refractivity contribution in [1.82, 2.24) is 0 Å². The highest BCUT2D eigenvalue weighted by Crippen LogP contribution is 2.55. The van der Waals surface area contributed by atoms with Gasteiger partial charge in [-0.1, -0.05) is 362 Å². The van der Waals surface area contributed by atoms with E-state index < -0.39 is 0 Å². The molecule has 18 rings (SSSR count). The van der Waals surface area contributed by atoms with Crippen LogP contribution in [0.4, 0.5) is 34.1 Å². The summed E-state index contributed by atoms with van der Waals surface area (Å²) >= 11 is 0. The standard InChI is InChI=1S/C58H64N2.C52H34/c1-35(2)41-13-21-45(22-14-41)59(46-23-15-42(16-24-46)36(3)4)55-33-53(39(9)10)49-30-32-52-56(34-54(40(11)12)50-29-31-51(55)57(49)58(50)52)60(47-25-17-43(18-26-47)37(5)6)48-27-19-44(20-28-48)38(7)8;1-3-19-35(20-4-1)37-23-7-9-25-39(37)49-41-27-11-15-31-45(41)51(46-32-16-12-28-42(46)49)52-47-33-17-13-29-43(47)50(44-30-14-18-34-48(44)52)40-26-10-8-24-38(40)36-21-5-2-6-22-36/h13-40H,1-12H3;1-34H. The highest BCUT2D eigenvalue weighted by Gasteiger charge is 2.29. The van der Waals surface area contributed by atoms with Crippen LogP contribution in [0.15, 0.2) is 340 Å². The second-order valence-electron chi connectivity index (χ2n) is 32.5. The van der Waals surface area contributed by atoms with Crippen LogP contribution in [0.5, 0.6) is 0 Å². The van der Waals surface area contributed by atoms with Crippen molar-refractivity contribution >= 4 is 110 Å². The molecule has 0 bridgehead atoms. The minimum atomic E-state index is 0.321. The molecular weight excluding hydrogens is 1350 g/mol. The second kappa shape index (κ2) is 30.5. The predicted octanol–water partition coefficient (Wildman–Crippen LogP) is 32.9. The molecule has 0 radical (unpaired) electrons. The van der Waals surface area contributed by atoms with Gasteiger partial charge in [-0.2, -0.15) is 0 Å². The van der Waals surface area contributed by atoms with Gasteiger partial charge >= 0.3 is 0 Å². The Bertz CT molecular complexity index is 5850. The second-order valence-corrected chi connectivity index (χ2v) is 32.5. The van der Waals surface area contributed by atoms with Crippen LogP contribution < -0.4 is 9.80 Å². The van der Waals surface area contributed by atoms with Gasteiger partial charge in [0.05, 0.1) is 11.4 Å². The van der Waals surface area contributed by atoms with Crippen LogP contribution in [0.25, 0.3) is 131 Å². The summed E-state index contributed by atoms with van der Waals surface area (Å²) in [5.74, 6) is 2.49. The molecule has 0 aliphatic carbocycles. The van der Waals surface area contributed by atoms with Crippen LogP contribution in [-0.4, -0.2) is 0 Å². The summed E-state index contributed by atoms with van der Waals surface area (Å²) in [7, 11) is 0. The van der Waals surface area contributed by atoms with Crippen molar-refractivity contribution in [3.63, 3.8) is 0 Å². The molecule has 0 fully saturated rings. The van der Waals surface area contributed by atoms with E-state index in [0.29, 0.717) is 35.5 Å². The highest BCUT2D eigenvalue weighted by atomic mass is 15.2. The van der Waals surface area contributed by atoms with E-state index in [2.05, 4.69) is 433 Å². The smallest absolute Gasteiger partial charge is 0.0543 e. The molecule has 0 aliphatic rings. The Labute approximate surface area is 662 Å². The normalized spacial score (nSPS) is 11.9. The first-order valence-corrected chi connectivity index (χ1v) is 40.5. The average Bonchev–Trinajstić information content (AvgIpc) is 0.716. The molecule has 2 nitrogen and oxygen atoms in total. The van der Waals surface area contributed by atoms with Gasteiger partial charge in [0.15, 0.2) is 0 Å². The molecule has 0 aliphatic heterocycles. The number of fused-ring (bicyclic) bond motifs is 4. The lowest BCUT2D eigenvalue weighted by Crippen LogP contribution is -2.13. The van der Waals surface area contributed by atoms with E-state index in [1.165, 1.54) is 199 Å². The Hall–Kier alpha value is -12.4. The maximum atomic E-state index is 2.51. The van der Waals surface area contributed by atoms with Crippen LogP contribution in [-0.2, 0) is 0 Å². The topological polar surface area (TPSA) is 6.48 Å². The van der Waals surface area contributed by atoms with Crippen molar-refractivity contribution in [2.24, 2.45) is 0 Å². The highest BCUT2D eigenvalue weighted by molar-refractivity contribution is 6.32. The third-order valence-electron chi connectivity index (χ3n) is 23.6.